The van der Waals surface area contributed by atoms with Gasteiger partial charge in [-0.2, -0.15) is 0 Å². The van der Waals surface area contributed by atoms with Crippen LogP contribution in [0.3, 0.4) is 0 Å². The molecule has 0 aromatic rings. The van der Waals surface area contributed by atoms with Gasteiger partial charge in [0.15, 0.2) is 0 Å². The van der Waals surface area contributed by atoms with Gasteiger partial charge in [-0.05, 0) is 32.1 Å². The second kappa shape index (κ2) is 7.94. The zero-order chi connectivity index (χ0) is 15.3. The lowest BCUT2D eigenvalue weighted by Gasteiger charge is -2.47. The summed E-state index contributed by atoms with van der Waals surface area (Å²) < 4.78 is 6.15. The smallest absolute Gasteiger partial charge is 0.0597 e. The van der Waals surface area contributed by atoms with E-state index in [2.05, 4.69) is 37.9 Å². The molecule has 2 fully saturated rings. The fourth-order valence-electron chi connectivity index (χ4n) is 3.81. The number of hydrogen-bond donors (Lipinski definition) is 1. The number of nitrogens with zero attached hydrogens (tertiary/aromatic N) is 1. The molecule has 0 bridgehead atoms. The molecule has 2 atom stereocenters. The summed E-state index contributed by atoms with van der Waals surface area (Å²) in [5.74, 6) is 0.702. The highest BCUT2D eigenvalue weighted by atomic mass is 16.5. The lowest BCUT2D eigenvalue weighted by molar-refractivity contribution is -0.00999. The van der Waals surface area contributed by atoms with E-state index in [1.165, 1.54) is 38.5 Å². The van der Waals surface area contributed by atoms with Crippen molar-refractivity contribution in [1.82, 2.24) is 10.2 Å². The van der Waals surface area contributed by atoms with Gasteiger partial charge in [-0.25, -0.2) is 0 Å². The molecule has 2 rings (SSSR count). The van der Waals surface area contributed by atoms with E-state index in [9.17, 15) is 0 Å². The van der Waals surface area contributed by atoms with Crippen molar-refractivity contribution in [1.29, 1.82) is 0 Å². The van der Waals surface area contributed by atoms with Crippen LogP contribution in [0.15, 0.2) is 0 Å². The van der Waals surface area contributed by atoms with Gasteiger partial charge >= 0.3 is 0 Å². The zero-order valence-electron chi connectivity index (χ0n) is 14.7. The molecular formula is C18H36N2O. The second-order valence-electron chi connectivity index (χ2n) is 7.71. The Labute approximate surface area is 131 Å². The Balaban J connectivity index is 1.81. The second-order valence-corrected chi connectivity index (χ2v) is 7.71. The van der Waals surface area contributed by atoms with Crippen molar-refractivity contribution >= 4 is 0 Å². The number of piperazine rings is 1. The third-order valence-corrected chi connectivity index (χ3v) is 5.59. The largest absolute Gasteiger partial charge is 0.377 e. The minimum atomic E-state index is 0.274. The SMILES string of the molecule is CCC1(C)CN(CCOC2CCCCC2)C(C(C)C)CN1. The molecule has 21 heavy (non-hydrogen) atoms. The van der Waals surface area contributed by atoms with Gasteiger partial charge < -0.3 is 10.1 Å². The summed E-state index contributed by atoms with van der Waals surface area (Å²) in [6, 6.07) is 0.652. The van der Waals surface area contributed by atoms with Crippen LogP contribution in [0.5, 0.6) is 0 Å². The molecule has 0 aromatic carbocycles. The van der Waals surface area contributed by atoms with Crippen LogP contribution in [0.2, 0.25) is 0 Å². The predicted molar refractivity (Wildman–Crippen MR) is 89.7 cm³/mol. The molecule has 1 heterocycles. The normalized spacial score (nSPS) is 32.7. The predicted octanol–water partition coefficient (Wildman–Crippen LogP) is 3.43. The van der Waals surface area contributed by atoms with Crippen molar-refractivity contribution in [2.45, 2.75) is 83.9 Å². The van der Waals surface area contributed by atoms with Crippen molar-refractivity contribution in [2.75, 3.05) is 26.2 Å². The lowest BCUT2D eigenvalue weighted by Crippen LogP contribution is -2.64. The molecule has 3 nitrogen and oxygen atoms in total. The van der Waals surface area contributed by atoms with Gasteiger partial charge in [0.05, 0.1) is 12.7 Å². The van der Waals surface area contributed by atoms with Crippen LogP contribution in [0.1, 0.15) is 66.2 Å². The first-order chi connectivity index (χ1) is 10.0. The Kier molecular flexibility index (Phi) is 6.51. The number of hydrogen-bond acceptors (Lipinski definition) is 3. The first kappa shape index (κ1) is 17.2. The monoisotopic (exact) mass is 296 g/mol. The number of rotatable bonds is 6. The van der Waals surface area contributed by atoms with Crippen LogP contribution in [-0.2, 0) is 4.74 Å². The van der Waals surface area contributed by atoms with E-state index in [1.807, 2.05) is 0 Å². The van der Waals surface area contributed by atoms with Crippen molar-refractivity contribution in [2.24, 2.45) is 5.92 Å². The Bertz CT molecular complexity index is 302. The lowest BCUT2D eigenvalue weighted by atomic mass is 9.90. The standard InChI is InChI=1S/C18H36N2O/c1-5-18(4)14-20(17(13-19-18)15(2)3)11-12-21-16-9-7-6-8-10-16/h15-17,19H,5-14H2,1-4H3. The third kappa shape index (κ3) is 4.94. The Morgan fingerprint density at radius 3 is 2.57 bits per heavy atom. The van der Waals surface area contributed by atoms with Gasteiger partial charge in [0, 0.05) is 31.2 Å². The molecular weight excluding hydrogens is 260 g/mol. The Morgan fingerprint density at radius 2 is 1.95 bits per heavy atom. The zero-order valence-corrected chi connectivity index (χ0v) is 14.7. The Morgan fingerprint density at radius 1 is 1.24 bits per heavy atom. The van der Waals surface area contributed by atoms with Crippen LogP contribution in [0.4, 0.5) is 0 Å². The van der Waals surface area contributed by atoms with Gasteiger partial charge in [-0.15, -0.1) is 0 Å². The van der Waals surface area contributed by atoms with Crippen molar-refractivity contribution < 1.29 is 4.74 Å². The third-order valence-electron chi connectivity index (χ3n) is 5.59. The fraction of sp³-hybridized carbons (Fsp3) is 1.00. The highest BCUT2D eigenvalue weighted by molar-refractivity contribution is 4.95. The van der Waals surface area contributed by atoms with E-state index in [0.717, 1.165) is 26.2 Å². The first-order valence-corrected chi connectivity index (χ1v) is 9.15. The fourth-order valence-corrected chi connectivity index (χ4v) is 3.81. The molecule has 1 N–H and O–H groups in total. The highest BCUT2D eigenvalue weighted by Gasteiger charge is 2.35. The van der Waals surface area contributed by atoms with Gasteiger partial charge in [0.2, 0.25) is 0 Å². The molecule has 2 unspecified atom stereocenters. The molecule has 124 valence electrons. The summed E-state index contributed by atoms with van der Waals surface area (Å²) in [4.78, 5) is 2.67. The average Bonchev–Trinajstić information content (AvgIpc) is 2.48. The molecule has 1 saturated heterocycles. The summed E-state index contributed by atoms with van der Waals surface area (Å²) in [5.41, 5.74) is 0.274. The van der Waals surface area contributed by atoms with Crippen LogP contribution < -0.4 is 5.32 Å². The quantitative estimate of drug-likeness (QED) is 0.812. The highest BCUT2D eigenvalue weighted by Crippen LogP contribution is 2.23. The maximum atomic E-state index is 6.15. The molecule has 1 aliphatic heterocycles. The van der Waals surface area contributed by atoms with E-state index in [-0.39, 0.29) is 5.54 Å². The molecule has 0 radical (unpaired) electrons. The maximum Gasteiger partial charge on any atom is 0.0597 e. The molecule has 1 saturated carbocycles. The summed E-state index contributed by atoms with van der Waals surface area (Å²) in [7, 11) is 0. The minimum Gasteiger partial charge on any atom is -0.377 e. The van der Waals surface area contributed by atoms with E-state index in [1.54, 1.807) is 0 Å². The number of nitrogens with one attached hydrogen (secondary N) is 1. The molecule has 0 aromatic heterocycles. The Hall–Kier alpha value is -0.120. The topological polar surface area (TPSA) is 24.5 Å². The summed E-state index contributed by atoms with van der Waals surface area (Å²) in [6.45, 7) is 13.6. The molecule has 0 amide bonds. The van der Waals surface area contributed by atoms with E-state index < -0.39 is 0 Å². The minimum absolute atomic E-state index is 0.274. The molecule has 0 spiro atoms. The van der Waals surface area contributed by atoms with Gasteiger partial charge in [0.25, 0.3) is 0 Å². The van der Waals surface area contributed by atoms with Crippen molar-refractivity contribution in [3.63, 3.8) is 0 Å². The summed E-state index contributed by atoms with van der Waals surface area (Å²) >= 11 is 0. The molecule has 2 aliphatic rings. The first-order valence-electron chi connectivity index (χ1n) is 9.15. The van der Waals surface area contributed by atoms with Crippen LogP contribution in [0.25, 0.3) is 0 Å². The van der Waals surface area contributed by atoms with E-state index in [4.69, 9.17) is 4.74 Å². The van der Waals surface area contributed by atoms with Gasteiger partial charge in [-0.3, -0.25) is 4.90 Å². The van der Waals surface area contributed by atoms with E-state index >= 15 is 0 Å². The van der Waals surface area contributed by atoms with Crippen molar-refractivity contribution in [3.8, 4) is 0 Å². The van der Waals surface area contributed by atoms with Gasteiger partial charge in [0.1, 0.15) is 0 Å². The van der Waals surface area contributed by atoms with Gasteiger partial charge in [-0.1, -0.05) is 40.0 Å². The molecule has 3 heteroatoms. The summed E-state index contributed by atoms with van der Waals surface area (Å²) in [5, 5.41) is 3.76. The summed E-state index contributed by atoms with van der Waals surface area (Å²) in [6.07, 6.45) is 8.42. The maximum absolute atomic E-state index is 6.15. The van der Waals surface area contributed by atoms with Crippen molar-refractivity contribution in [3.05, 3.63) is 0 Å². The number of ether oxygens (including phenoxy) is 1. The molecule has 1 aliphatic carbocycles. The van der Waals surface area contributed by atoms with E-state index in [0.29, 0.717) is 18.1 Å². The van der Waals surface area contributed by atoms with Crippen LogP contribution in [0, 0.1) is 5.92 Å². The van der Waals surface area contributed by atoms with Crippen LogP contribution >= 0.6 is 0 Å². The average molecular weight is 296 g/mol. The van der Waals surface area contributed by atoms with Crippen LogP contribution in [-0.4, -0.2) is 48.8 Å².